The van der Waals surface area contributed by atoms with E-state index in [2.05, 4.69) is 54.6 Å². The lowest BCUT2D eigenvalue weighted by atomic mass is 10.1. The van der Waals surface area contributed by atoms with Crippen molar-refractivity contribution in [3.05, 3.63) is 52.7 Å². The largest absolute Gasteiger partial charge is 0.321 e. The summed E-state index contributed by atoms with van der Waals surface area (Å²) in [5.74, 6) is 0.987. The van der Waals surface area contributed by atoms with Crippen molar-refractivity contribution in [2.45, 2.75) is 13.0 Å². The van der Waals surface area contributed by atoms with Gasteiger partial charge in [0.15, 0.2) is 0 Å². The van der Waals surface area contributed by atoms with E-state index in [1.807, 2.05) is 23.9 Å². The van der Waals surface area contributed by atoms with Gasteiger partial charge in [0, 0.05) is 42.6 Å². The van der Waals surface area contributed by atoms with Gasteiger partial charge in [0.05, 0.1) is 5.52 Å². The third-order valence-corrected chi connectivity index (χ3v) is 4.14. The summed E-state index contributed by atoms with van der Waals surface area (Å²) in [6.45, 7) is 1.65. The first-order valence-electron chi connectivity index (χ1n) is 6.81. The average Bonchev–Trinajstić information content (AvgIpc) is 2.91. The Labute approximate surface area is 131 Å². The van der Waals surface area contributed by atoms with Gasteiger partial charge in [-0.1, -0.05) is 28.1 Å². The molecule has 0 unspecified atom stereocenters. The molecule has 0 saturated heterocycles. The number of nitrogens with zero attached hydrogens (tertiary/aromatic N) is 4. The van der Waals surface area contributed by atoms with Crippen LogP contribution in [0.2, 0.25) is 0 Å². The van der Waals surface area contributed by atoms with Crippen LogP contribution < -0.4 is 5.32 Å². The zero-order valence-corrected chi connectivity index (χ0v) is 13.3. The fourth-order valence-electron chi connectivity index (χ4n) is 2.30. The van der Waals surface area contributed by atoms with E-state index in [0.717, 1.165) is 40.7 Å². The molecule has 0 radical (unpaired) electrons. The standard InChI is InChI=1S/C15H16BrN5/c1-21-10-19-20-14(21)6-8-17-9-11-4-5-13(16)12-3-2-7-18-15(11)12/h2-5,7,10,17H,6,8-9H2,1H3. The molecule has 0 saturated carbocycles. The zero-order valence-electron chi connectivity index (χ0n) is 11.8. The van der Waals surface area contributed by atoms with Gasteiger partial charge in [-0.25, -0.2) is 0 Å². The predicted molar refractivity (Wildman–Crippen MR) is 85.9 cm³/mol. The molecule has 0 amide bonds. The summed E-state index contributed by atoms with van der Waals surface area (Å²) in [5.41, 5.74) is 2.24. The third kappa shape index (κ3) is 3.11. The molecule has 0 aliphatic rings. The van der Waals surface area contributed by atoms with Crippen LogP contribution in [0.1, 0.15) is 11.4 Å². The van der Waals surface area contributed by atoms with Gasteiger partial charge in [-0.3, -0.25) is 4.98 Å². The topological polar surface area (TPSA) is 55.6 Å². The number of fused-ring (bicyclic) bond motifs is 1. The van der Waals surface area contributed by atoms with Crippen molar-refractivity contribution in [1.82, 2.24) is 25.1 Å². The quantitative estimate of drug-likeness (QED) is 0.721. The van der Waals surface area contributed by atoms with Crippen LogP contribution in [0, 0.1) is 0 Å². The number of aromatic nitrogens is 4. The monoisotopic (exact) mass is 345 g/mol. The first-order chi connectivity index (χ1) is 10.3. The molecule has 2 heterocycles. The maximum atomic E-state index is 4.49. The van der Waals surface area contributed by atoms with Crippen molar-refractivity contribution in [2.24, 2.45) is 7.05 Å². The fourth-order valence-corrected chi connectivity index (χ4v) is 2.75. The number of benzene rings is 1. The van der Waals surface area contributed by atoms with E-state index in [1.165, 1.54) is 5.56 Å². The van der Waals surface area contributed by atoms with E-state index in [4.69, 9.17) is 0 Å². The molecule has 1 aromatic carbocycles. The van der Waals surface area contributed by atoms with Gasteiger partial charge in [-0.05, 0) is 17.7 Å². The van der Waals surface area contributed by atoms with Crippen molar-refractivity contribution < 1.29 is 0 Å². The van der Waals surface area contributed by atoms with Crippen LogP contribution >= 0.6 is 15.9 Å². The second-order valence-corrected chi connectivity index (χ2v) is 5.75. The molecule has 0 atom stereocenters. The van der Waals surface area contributed by atoms with Crippen LogP contribution in [0.4, 0.5) is 0 Å². The van der Waals surface area contributed by atoms with Gasteiger partial charge >= 0.3 is 0 Å². The zero-order chi connectivity index (χ0) is 14.7. The van der Waals surface area contributed by atoms with Gasteiger partial charge in [-0.2, -0.15) is 0 Å². The van der Waals surface area contributed by atoms with Gasteiger partial charge < -0.3 is 9.88 Å². The van der Waals surface area contributed by atoms with E-state index < -0.39 is 0 Å². The van der Waals surface area contributed by atoms with Crippen LogP contribution in [-0.2, 0) is 20.0 Å². The Bertz CT molecular complexity index is 753. The highest BCUT2D eigenvalue weighted by Crippen LogP contribution is 2.24. The minimum Gasteiger partial charge on any atom is -0.321 e. The van der Waals surface area contributed by atoms with Crippen LogP contribution in [-0.4, -0.2) is 26.3 Å². The Morgan fingerprint density at radius 2 is 2.19 bits per heavy atom. The average molecular weight is 346 g/mol. The summed E-state index contributed by atoms with van der Waals surface area (Å²) in [7, 11) is 1.96. The first kappa shape index (κ1) is 14.2. The van der Waals surface area contributed by atoms with E-state index >= 15 is 0 Å². The molecule has 3 aromatic rings. The van der Waals surface area contributed by atoms with Crippen molar-refractivity contribution in [2.75, 3.05) is 6.54 Å². The smallest absolute Gasteiger partial charge is 0.133 e. The van der Waals surface area contributed by atoms with Crippen molar-refractivity contribution in [3.63, 3.8) is 0 Å². The third-order valence-electron chi connectivity index (χ3n) is 3.45. The summed E-state index contributed by atoms with van der Waals surface area (Å²) in [4.78, 5) is 4.49. The Morgan fingerprint density at radius 1 is 1.29 bits per heavy atom. The Balaban J connectivity index is 1.66. The van der Waals surface area contributed by atoms with E-state index in [-0.39, 0.29) is 0 Å². The molecule has 0 aliphatic heterocycles. The molecule has 5 nitrogen and oxygen atoms in total. The summed E-state index contributed by atoms with van der Waals surface area (Å²) in [6, 6.07) is 8.21. The predicted octanol–water partition coefficient (Wildman–Crippen LogP) is 2.46. The number of hydrogen-bond acceptors (Lipinski definition) is 4. The highest BCUT2D eigenvalue weighted by Gasteiger charge is 2.05. The number of aryl methyl sites for hydroxylation is 1. The lowest BCUT2D eigenvalue weighted by molar-refractivity contribution is 0.655. The molecule has 0 aliphatic carbocycles. The molecule has 108 valence electrons. The van der Waals surface area contributed by atoms with Gasteiger partial charge in [0.2, 0.25) is 0 Å². The van der Waals surface area contributed by atoms with Crippen molar-refractivity contribution in [3.8, 4) is 0 Å². The molecular weight excluding hydrogens is 330 g/mol. The van der Waals surface area contributed by atoms with Crippen LogP contribution in [0.3, 0.4) is 0 Å². The van der Waals surface area contributed by atoms with E-state index in [1.54, 1.807) is 6.33 Å². The number of hydrogen-bond donors (Lipinski definition) is 1. The van der Waals surface area contributed by atoms with E-state index in [9.17, 15) is 0 Å². The van der Waals surface area contributed by atoms with Gasteiger partial charge in [-0.15, -0.1) is 10.2 Å². The minimum absolute atomic E-state index is 0.790. The SMILES string of the molecule is Cn1cnnc1CCNCc1ccc(Br)c2cccnc12. The normalized spacial score (nSPS) is 11.1. The first-order valence-corrected chi connectivity index (χ1v) is 7.60. The van der Waals surface area contributed by atoms with Crippen molar-refractivity contribution in [1.29, 1.82) is 0 Å². The fraction of sp³-hybridized carbons (Fsp3) is 0.267. The van der Waals surface area contributed by atoms with E-state index in [0.29, 0.717) is 0 Å². The maximum absolute atomic E-state index is 4.49. The second-order valence-electron chi connectivity index (χ2n) is 4.89. The molecule has 0 bridgehead atoms. The molecule has 0 fully saturated rings. The Kier molecular flexibility index (Phi) is 4.26. The highest BCUT2D eigenvalue weighted by atomic mass is 79.9. The summed E-state index contributed by atoms with van der Waals surface area (Å²) in [5, 5.41) is 12.5. The lowest BCUT2D eigenvalue weighted by Crippen LogP contribution is -2.18. The number of nitrogens with one attached hydrogen (secondary N) is 1. The Hall–Kier alpha value is -1.79. The molecule has 3 rings (SSSR count). The molecule has 2 aromatic heterocycles. The number of halogens is 1. The van der Waals surface area contributed by atoms with Gasteiger partial charge in [0.1, 0.15) is 12.2 Å². The lowest BCUT2D eigenvalue weighted by Gasteiger charge is -2.08. The van der Waals surface area contributed by atoms with Gasteiger partial charge in [0.25, 0.3) is 0 Å². The second kappa shape index (κ2) is 6.32. The molecule has 1 N–H and O–H groups in total. The minimum atomic E-state index is 0.790. The maximum Gasteiger partial charge on any atom is 0.133 e. The number of pyridine rings is 1. The Morgan fingerprint density at radius 3 is 3.00 bits per heavy atom. The van der Waals surface area contributed by atoms with Crippen LogP contribution in [0.15, 0.2) is 41.3 Å². The molecule has 21 heavy (non-hydrogen) atoms. The van der Waals surface area contributed by atoms with Crippen LogP contribution in [0.25, 0.3) is 10.9 Å². The van der Waals surface area contributed by atoms with Crippen molar-refractivity contribution >= 4 is 26.8 Å². The molecular formula is C15H16BrN5. The molecule has 6 heteroatoms. The highest BCUT2D eigenvalue weighted by molar-refractivity contribution is 9.10. The summed E-state index contributed by atoms with van der Waals surface area (Å²) >= 11 is 3.57. The summed E-state index contributed by atoms with van der Waals surface area (Å²) < 4.78 is 3.02. The summed E-state index contributed by atoms with van der Waals surface area (Å²) in [6.07, 6.45) is 4.41. The number of rotatable bonds is 5. The van der Waals surface area contributed by atoms with Crippen LogP contribution in [0.5, 0.6) is 0 Å². The molecule has 0 spiro atoms.